The van der Waals surface area contributed by atoms with Crippen LogP contribution in [0.2, 0.25) is 0 Å². The van der Waals surface area contributed by atoms with E-state index in [1.54, 1.807) is 0 Å². The van der Waals surface area contributed by atoms with Crippen molar-refractivity contribution in [1.29, 1.82) is 0 Å². The molecule has 28 heavy (non-hydrogen) atoms. The molecule has 1 fully saturated rings. The van der Waals surface area contributed by atoms with Crippen LogP contribution in [0.15, 0.2) is 16.1 Å². The molecule has 7 N–H and O–H groups in total. The summed E-state index contributed by atoms with van der Waals surface area (Å²) in [5.41, 5.74) is 14.1. The standard InChI is InChI=1S/C22H42N4O2/c1-3-15-14-16-8-4-5-9-17(16)20(21(15)27)18(22(24)28)10-7-13-26-19(25-2)11-6-12-23/h15-16,18-19,21-22,26-28H,2-14,23-24H2,1H3. The summed E-state index contributed by atoms with van der Waals surface area (Å²) in [7, 11) is 0. The molecule has 0 bridgehead atoms. The number of rotatable bonds is 12. The largest absolute Gasteiger partial charge is 0.388 e. The monoisotopic (exact) mass is 394 g/mol. The fourth-order valence-electron chi connectivity index (χ4n) is 5.18. The van der Waals surface area contributed by atoms with E-state index < -0.39 is 12.3 Å². The number of nitrogens with zero attached hydrogens (tertiary/aromatic N) is 1. The summed E-state index contributed by atoms with van der Waals surface area (Å²) in [6.07, 6.45) is 8.85. The number of nitrogens with one attached hydrogen (secondary N) is 1. The van der Waals surface area contributed by atoms with Crippen LogP contribution in [0.25, 0.3) is 0 Å². The van der Waals surface area contributed by atoms with Crippen LogP contribution >= 0.6 is 0 Å². The molecule has 6 atom stereocenters. The molecule has 0 aromatic heterocycles. The minimum absolute atomic E-state index is 0.0271. The molecule has 0 radical (unpaired) electrons. The van der Waals surface area contributed by atoms with Crippen molar-refractivity contribution < 1.29 is 10.2 Å². The van der Waals surface area contributed by atoms with Gasteiger partial charge in [0.15, 0.2) is 0 Å². The summed E-state index contributed by atoms with van der Waals surface area (Å²) < 4.78 is 0. The van der Waals surface area contributed by atoms with Crippen LogP contribution < -0.4 is 16.8 Å². The average molecular weight is 395 g/mol. The molecule has 6 nitrogen and oxygen atoms in total. The molecule has 2 rings (SSSR count). The van der Waals surface area contributed by atoms with Gasteiger partial charge >= 0.3 is 0 Å². The number of aliphatic hydroxyl groups is 2. The zero-order valence-corrected chi connectivity index (χ0v) is 17.7. The second kappa shape index (κ2) is 12.0. The van der Waals surface area contributed by atoms with E-state index in [9.17, 15) is 10.2 Å². The fraction of sp³-hybridized carbons (Fsp3) is 0.864. The van der Waals surface area contributed by atoms with Gasteiger partial charge in [-0.05, 0) is 88.6 Å². The van der Waals surface area contributed by atoms with E-state index in [1.165, 1.54) is 24.8 Å². The Morgan fingerprint density at radius 2 is 2.07 bits per heavy atom. The van der Waals surface area contributed by atoms with Crippen LogP contribution in [0, 0.1) is 17.8 Å². The van der Waals surface area contributed by atoms with E-state index in [4.69, 9.17) is 11.5 Å². The molecule has 0 amide bonds. The van der Waals surface area contributed by atoms with Crippen molar-refractivity contribution in [2.75, 3.05) is 13.1 Å². The van der Waals surface area contributed by atoms with Gasteiger partial charge in [0.2, 0.25) is 0 Å². The quantitative estimate of drug-likeness (QED) is 0.151. The van der Waals surface area contributed by atoms with Crippen molar-refractivity contribution >= 4 is 6.72 Å². The minimum atomic E-state index is -0.930. The first-order chi connectivity index (χ1) is 13.5. The molecule has 6 unspecified atom stereocenters. The van der Waals surface area contributed by atoms with Crippen molar-refractivity contribution in [3.05, 3.63) is 11.1 Å². The number of hydrogen-bond donors (Lipinski definition) is 5. The van der Waals surface area contributed by atoms with Crippen molar-refractivity contribution in [3.63, 3.8) is 0 Å². The van der Waals surface area contributed by atoms with Gasteiger partial charge in [0.05, 0.1) is 12.3 Å². The molecule has 0 heterocycles. The van der Waals surface area contributed by atoms with Crippen molar-refractivity contribution in [3.8, 4) is 0 Å². The van der Waals surface area contributed by atoms with Crippen LogP contribution in [-0.2, 0) is 0 Å². The molecule has 162 valence electrons. The molecule has 0 saturated heterocycles. The van der Waals surface area contributed by atoms with Crippen LogP contribution in [0.4, 0.5) is 0 Å². The Labute approximate surface area is 170 Å². The van der Waals surface area contributed by atoms with Crippen molar-refractivity contribution in [1.82, 2.24) is 5.32 Å². The third-order valence-corrected chi connectivity index (χ3v) is 6.77. The van der Waals surface area contributed by atoms with Gasteiger partial charge in [0.25, 0.3) is 0 Å². The molecule has 0 spiro atoms. The minimum Gasteiger partial charge on any atom is -0.388 e. The summed E-state index contributed by atoms with van der Waals surface area (Å²) in [5.74, 6) is 0.690. The zero-order chi connectivity index (χ0) is 20.5. The Bertz CT molecular complexity index is 509. The number of aliphatic hydroxyl groups excluding tert-OH is 2. The van der Waals surface area contributed by atoms with Gasteiger partial charge < -0.3 is 21.7 Å². The van der Waals surface area contributed by atoms with Crippen LogP contribution in [-0.4, -0.2) is 48.5 Å². The zero-order valence-electron chi connectivity index (χ0n) is 17.7. The van der Waals surface area contributed by atoms with E-state index in [1.807, 2.05) is 0 Å². The van der Waals surface area contributed by atoms with Crippen LogP contribution in [0.3, 0.4) is 0 Å². The van der Waals surface area contributed by atoms with Crippen molar-refractivity contribution in [2.45, 2.75) is 89.6 Å². The third kappa shape index (κ3) is 6.10. The number of hydrogen-bond acceptors (Lipinski definition) is 6. The lowest BCUT2D eigenvalue weighted by Crippen LogP contribution is -2.42. The van der Waals surface area contributed by atoms with E-state index in [0.29, 0.717) is 12.5 Å². The predicted octanol–water partition coefficient (Wildman–Crippen LogP) is 2.29. The number of nitrogens with two attached hydrogens (primary N) is 2. The second-order valence-electron chi connectivity index (χ2n) is 8.59. The van der Waals surface area contributed by atoms with E-state index in [0.717, 1.165) is 57.1 Å². The molecule has 1 saturated carbocycles. The molecule has 6 heteroatoms. The molecular formula is C22H42N4O2. The summed E-state index contributed by atoms with van der Waals surface area (Å²) in [5, 5.41) is 24.9. The SMILES string of the molecule is C=NC(CCCN)NCCCC(C1=C2CCCCC2CC(CC)C1O)C(N)O. The Kier molecular flexibility index (Phi) is 10.1. The van der Waals surface area contributed by atoms with Gasteiger partial charge in [-0.2, -0.15) is 0 Å². The lowest BCUT2D eigenvalue weighted by Gasteiger charge is -2.43. The maximum absolute atomic E-state index is 11.1. The maximum Gasteiger partial charge on any atom is 0.109 e. The Morgan fingerprint density at radius 1 is 1.29 bits per heavy atom. The molecular weight excluding hydrogens is 352 g/mol. The highest BCUT2D eigenvalue weighted by Crippen LogP contribution is 2.46. The normalized spacial score (nSPS) is 28.5. The number of aliphatic imine (C=N–C) groups is 1. The first-order valence-corrected chi connectivity index (χ1v) is 11.3. The predicted molar refractivity (Wildman–Crippen MR) is 116 cm³/mol. The summed E-state index contributed by atoms with van der Waals surface area (Å²) in [6.45, 7) is 7.25. The van der Waals surface area contributed by atoms with Crippen molar-refractivity contribution in [2.24, 2.45) is 34.2 Å². The Morgan fingerprint density at radius 3 is 2.71 bits per heavy atom. The van der Waals surface area contributed by atoms with E-state index in [2.05, 4.69) is 24.0 Å². The highest BCUT2D eigenvalue weighted by Gasteiger charge is 2.39. The first kappa shape index (κ1) is 23.5. The average Bonchev–Trinajstić information content (AvgIpc) is 2.70. The smallest absolute Gasteiger partial charge is 0.109 e. The highest BCUT2D eigenvalue weighted by molar-refractivity contribution is 5.29. The topological polar surface area (TPSA) is 117 Å². The van der Waals surface area contributed by atoms with E-state index in [-0.39, 0.29) is 18.0 Å². The molecule has 0 aromatic carbocycles. The maximum atomic E-state index is 11.1. The lowest BCUT2D eigenvalue weighted by molar-refractivity contribution is 0.0595. The number of fused-ring (bicyclic) bond motifs is 1. The third-order valence-electron chi connectivity index (χ3n) is 6.77. The van der Waals surface area contributed by atoms with Crippen LogP contribution in [0.5, 0.6) is 0 Å². The van der Waals surface area contributed by atoms with Gasteiger partial charge in [-0.1, -0.05) is 25.3 Å². The summed E-state index contributed by atoms with van der Waals surface area (Å²) in [4.78, 5) is 4.11. The van der Waals surface area contributed by atoms with Gasteiger partial charge in [-0.25, -0.2) is 0 Å². The van der Waals surface area contributed by atoms with Gasteiger partial charge in [-0.3, -0.25) is 10.3 Å². The molecule has 0 aliphatic heterocycles. The number of allylic oxidation sites excluding steroid dienone is 1. The highest BCUT2D eigenvalue weighted by atomic mass is 16.3. The molecule has 0 aromatic rings. The second-order valence-corrected chi connectivity index (χ2v) is 8.59. The van der Waals surface area contributed by atoms with Gasteiger partial charge in [0.1, 0.15) is 6.23 Å². The van der Waals surface area contributed by atoms with Gasteiger partial charge in [-0.15, -0.1) is 0 Å². The Hall–Kier alpha value is -0.790. The fourth-order valence-corrected chi connectivity index (χ4v) is 5.18. The lowest BCUT2D eigenvalue weighted by atomic mass is 9.65. The Balaban J connectivity index is 2.04. The van der Waals surface area contributed by atoms with Gasteiger partial charge in [0, 0.05) is 5.92 Å². The summed E-state index contributed by atoms with van der Waals surface area (Å²) in [6, 6.07) is 0. The molecule has 2 aliphatic rings. The first-order valence-electron chi connectivity index (χ1n) is 11.3. The van der Waals surface area contributed by atoms with Crippen LogP contribution in [0.1, 0.15) is 71.1 Å². The summed E-state index contributed by atoms with van der Waals surface area (Å²) >= 11 is 0. The molecule has 2 aliphatic carbocycles. The van der Waals surface area contributed by atoms with E-state index >= 15 is 0 Å².